The van der Waals surface area contributed by atoms with Crippen molar-refractivity contribution in [3.05, 3.63) is 46.6 Å². The Morgan fingerprint density at radius 2 is 2.17 bits per heavy atom. The highest BCUT2D eigenvalue weighted by Gasteiger charge is 2.34. The van der Waals surface area contributed by atoms with Crippen molar-refractivity contribution >= 4 is 50.3 Å². The van der Waals surface area contributed by atoms with Crippen LogP contribution in [0.25, 0.3) is 6.08 Å². The summed E-state index contributed by atoms with van der Waals surface area (Å²) in [7, 11) is -3.81. The average molecular weight is 368 g/mol. The van der Waals surface area contributed by atoms with Crippen molar-refractivity contribution < 1.29 is 17.6 Å². The Bertz CT molecular complexity index is 865. The fourth-order valence-electron chi connectivity index (χ4n) is 1.92. The molecule has 0 aromatic carbocycles. The summed E-state index contributed by atoms with van der Waals surface area (Å²) in [6.07, 6.45) is 3.08. The quantitative estimate of drug-likeness (QED) is 0.775. The summed E-state index contributed by atoms with van der Waals surface area (Å²) >= 11 is 2.12. The molecule has 0 radical (unpaired) electrons. The number of amides is 1. The predicted octanol–water partition coefficient (Wildman–Crippen LogP) is 3.02. The lowest BCUT2D eigenvalue weighted by atomic mass is 10.3. The molecule has 1 aliphatic rings. The van der Waals surface area contributed by atoms with Crippen molar-refractivity contribution in [3.8, 4) is 0 Å². The molecule has 2 aromatic rings. The Hall–Kier alpha value is -1.84. The van der Waals surface area contributed by atoms with Crippen LogP contribution in [0.15, 0.2) is 53.8 Å². The van der Waals surface area contributed by atoms with E-state index in [1.807, 2.05) is 0 Å². The van der Waals surface area contributed by atoms with Gasteiger partial charge in [0.15, 0.2) is 5.17 Å². The third-order valence-corrected chi connectivity index (χ3v) is 6.73. The largest absolute Gasteiger partial charge is 0.465 e. The van der Waals surface area contributed by atoms with Crippen molar-refractivity contribution in [1.29, 1.82) is 0 Å². The molecule has 0 atom stereocenters. The molecule has 0 spiro atoms. The van der Waals surface area contributed by atoms with Crippen molar-refractivity contribution in [1.82, 2.24) is 4.90 Å². The molecular formula is C14H12N2O4S3. The fourth-order valence-corrected chi connectivity index (χ4v) is 5.11. The maximum absolute atomic E-state index is 12.4. The van der Waals surface area contributed by atoms with E-state index in [-0.39, 0.29) is 15.3 Å². The normalized spacial score (nSPS) is 19.2. The van der Waals surface area contributed by atoms with Crippen LogP contribution in [0.4, 0.5) is 0 Å². The molecule has 9 heteroatoms. The molecule has 1 saturated heterocycles. The minimum atomic E-state index is -3.81. The first-order chi connectivity index (χ1) is 11.0. The van der Waals surface area contributed by atoms with Crippen LogP contribution in [0.3, 0.4) is 0 Å². The van der Waals surface area contributed by atoms with E-state index in [0.29, 0.717) is 17.2 Å². The van der Waals surface area contributed by atoms with E-state index in [4.69, 9.17) is 4.42 Å². The lowest BCUT2D eigenvalue weighted by molar-refractivity contribution is -0.122. The second-order valence-electron chi connectivity index (χ2n) is 4.46. The Morgan fingerprint density at radius 3 is 2.78 bits per heavy atom. The minimum Gasteiger partial charge on any atom is -0.465 e. The van der Waals surface area contributed by atoms with Crippen LogP contribution in [-0.2, 0) is 14.8 Å². The molecule has 23 heavy (non-hydrogen) atoms. The van der Waals surface area contributed by atoms with Gasteiger partial charge in [-0.1, -0.05) is 6.07 Å². The van der Waals surface area contributed by atoms with E-state index >= 15 is 0 Å². The molecule has 2 aromatic heterocycles. The van der Waals surface area contributed by atoms with Crippen LogP contribution < -0.4 is 0 Å². The van der Waals surface area contributed by atoms with Crippen LogP contribution in [0, 0.1) is 0 Å². The topological polar surface area (TPSA) is 80.0 Å². The third kappa shape index (κ3) is 3.26. The Balaban J connectivity index is 1.97. The Kier molecular flexibility index (Phi) is 4.42. The lowest BCUT2D eigenvalue weighted by Crippen LogP contribution is -2.29. The first-order valence-electron chi connectivity index (χ1n) is 6.64. The lowest BCUT2D eigenvalue weighted by Gasteiger charge is -2.11. The summed E-state index contributed by atoms with van der Waals surface area (Å²) < 4.78 is 33.7. The number of hydrogen-bond donors (Lipinski definition) is 0. The van der Waals surface area contributed by atoms with Crippen LogP contribution >= 0.6 is 23.1 Å². The molecule has 1 amide bonds. The summed E-state index contributed by atoms with van der Waals surface area (Å²) in [5, 5.41) is 1.82. The van der Waals surface area contributed by atoms with Gasteiger partial charge in [-0.2, -0.15) is 8.42 Å². The highest BCUT2D eigenvalue weighted by molar-refractivity contribution is 8.19. The van der Waals surface area contributed by atoms with Gasteiger partial charge in [0.05, 0.1) is 11.2 Å². The Labute approximate surface area is 141 Å². The number of sulfonamides is 1. The van der Waals surface area contributed by atoms with Gasteiger partial charge in [0, 0.05) is 12.6 Å². The molecule has 0 N–H and O–H groups in total. The number of carbonyl (C=O) groups excluding carboxylic acids is 1. The maximum Gasteiger partial charge on any atom is 0.294 e. The zero-order valence-corrected chi connectivity index (χ0v) is 14.5. The maximum atomic E-state index is 12.4. The summed E-state index contributed by atoms with van der Waals surface area (Å²) in [5.41, 5.74) is 0. The average Bonchev–Trinajstić information content (AvgIpc) is 3.23. The van der Waals surface area contributed by atoms with Crippen molar-refractivity contribution in [3.63, 3.8) is 0 Å². The second kappa shape index (κ2) is 6.34. The standard InChI is InChI=1S/C14H12N2O4S3/c1-2-16-13(17)11(9-10-5-3-7-20-10)22-14(16)15-23(18,19)12-6-4-8-21-12/h3-9H,2H2,1H3/b11-9-,15-14?. The van der Waals surface area contributed by atoms with E-state index < -0.39 is 10.0 Å². The number of hydrogen-bond acceptors (Lipinski definition) is 6. The highest BCUT2D eigenvalue weighted by atomic mass is 32.2. The zero-order chi connectivity index (χ0) is 16.4. The number of furan rings is 1. The highest BCUT2D eigenvalue weighted by Crippen LogP contribution is 2.33. The number of thiophene rings is 1. The van der Waals surface area contributed by atoms with Gasteiger partial charge in [-0.05, 0) is 42.3 Å². The van der Waals surface area contributed by atoms with Crippen molar-refractivity contribution in [2.24, 2.45) is 4.40 Å². The smallest absolute Gasteiger partial charge is 0.294 e. The molecule has 1 aliphatic heterocycles. The minimum absolute atomic E-state index is 0.151. The van der Waals surface area contributed by atoms with Gasteiger partial charge in [0.2, 0.25) is 0 Å². The van der Waals surface area contributed by atoms with E-state index in [2.05, 4.69) is 4.40 Å². The van der Waals surface area contributed by atoms with Crippen molar-refractivity contribution in [2.75, 3.05) is 6.54 Å². The molecule has 0 bridgehead atoms. The number of nitrogens with zero attached hydrogens (tertiary/aromatic N) is 2. The summed E-state index contributed by atoms with van der Waals surface area (Å²) in [6, 6.07) is 6.56. The number of thioether (sulfide) groups is 1. The SMILES string of the molecule is CCN1C(=O)/C(=C/c2ccco2)SC1=NS(=O)(=O)c1cccs1. The first kappa shape index (κ1) is 16.0. The van der Waals surface area contributed by atoms with Crippen molar-refractivity contribution in [2.45, 2.75) is 11.1 Å². The zero-order valence-electron chi connectivity index (χ0n) is 12.0. The molecule has 120 valence electrons. The van der Waals surface area contributed by atoms with Crippen LogP contribution in [0.5, 0.6) is 0 Å². The summed E-state index contributed by atoms with van der Waals surface area (Å²) in [4.78, 5) is 14.1. The van der Waals surface area contributed by atoms with Crippen LogP contribution in [-0.4, -0.2) is 30.9 Å². The first-order valence-corrected chi connectivity index (χ1v) is 9.78. The monoisotopic (exact) mass is 368 g/mol. The summed E-state index contributed by atoms with van der Waals surface area (Å²) in [5.74, 6) is 0.244. The Morgan fingerprint density at radius 1 is 1.35 bits per heavy atom. The molecule has 0 aliphatic carbocycles. The van der Waals surface area contributed by atoms with E-state index in [0.717, 1.165) is 23.1 Å². The van der Waals surface area contributed by atoms with Gasteiger partial charge in [-0.25, -0.2) is 0 Å². The number of rotatable bonds is 4. The number of carbonyl (C=O) groups is 1. The van der Waals surface area contributed by atoms with Gasteiger partial charge >= 0.3 is 0 Å². The fraction of sp³-hybridized carbons (Fsp3) is 0.143. The second-order valence-corrected chi connectivity index (χ2v) is 8.24. The molecule has 0 unspecified atom stereocenters. The van der Waals surface area contributed by atoms with Gasteiger partial charge in [0.1, 0.15) is 9.97 Å². The predicted molar refractivity (Wildman–Crippen MR) is 90.6 cm³/mol. The van der Waals surface area contributed by atoms with Gasteiger partial charge < -0.3 is 4.42 Å². The van der Waals surface area contributed by atoms with Gasteiger partial charge in [0.25, 0.3) is 15.9 Å². The molecular weight excluding hydrogens is 356 g/mol. The van der Waals surface area contributed by atoms with E-state index in [1.165, 1.54) is 17.2 Å². The van der Waals surface area contributed by atoms with Crippen LogP contribution in [0.1, 0.15) is 12.7 Å². The molecule has 0 saturated carbocycles. The third-order valence-electron chi connectivity index (χ3n) is 2.97. The molecule has 3 rings (SSSR count). The molecule has 3 heterocycles. The molecule has 6 nitrogen and oxygen atoms in total. The van der Waals surface area contributed by atoms with E-state index in [1.54, 1.807) is 36.6 Å². The van der Waals surface area contributed by atoms with Crippen LogP contribution in [0.2, 0.25) is 0 Å². The number of likely N-dealkylation sites (N-methyl/N-ethyl adjacent to an activating group) is 1. The molecule has 1 fully saturated rings. The van der Waals surface area contributed by atoms with Gasteiger partial charge in [-0.15, -0.1) is 15.7 Å². The number of amidine groups is 1. The summed E-state index contributed by atoms with van der Waals surface area (Å²) in [6.45, 7) is 2.10. The van der Waals surface area contributed by atoms with Gasteiger partial charge in [-0.3, -0.25) is 9.69 Å². The van der Waals surface area contributed by atoms with E-state index in [9.17, 15) is 13.2 Å².